The minimum Gasteiger partial charge on any atom is -0.451 e. The molecule has 1 heterocycles. The number of carbonyl (C=O) groups is 3. The molecule has 4 N–H and O–H groups in total. The molecular weight excluding hydrogens is 398 g/mol. The van der Waals surface area contributed by atoms with E-state index in [1.807, 2.05) is 0 Å². The van der Waals surface area contributed by atoms with Gasteiger partial charge in [0, 0.05) is 17.2 Å². The summed E-state index contributed by atoms with van der Waals surface area (Å²) in [6.07, 6.45) is 0. The van der Waals surface area contributed by atoms with Gasteiger partial charge < -0.3 is 10.2 Å². The molecule has 154 valence electrons. The van der Waals surface area contributed by atoms with Gasteiger partial charge in [-0.1, -0.05) is 18.2 Å². The standard InChI is InChI=1S/C20H16F2N4O4/c21-14-8-13(9-15(22)10-14)16-6-7-17(30-16)20(29)25-26(18(27)11-23)24-19(28)12-4-2-1-3-5-12/h1-10H,11,23H2,(H,24,28)(H,25,29). The molecule has 0 saturated carbocycles. The van der Waals surface area contributed by atoms with Gasteiger partial charge in [-0.05, 0) is 36.4 Å². The molecule has 2 aromatic carbocycles. The molecule has 0 aliphatic carbocycles. The Hall–Kier alpha value is -4.05. The number of carbonyl (C=O) groups excluding carboxylic acids is 3. The molecule has 30 heavy (non-hydrogen) atoms. The van der Waals surface area contributed by atoms with Crippen molar-refractivity contribution in [3.05, 3.63) is 83.6 Å². The second-order valence-electron chi connectivity index (χ2n) is 6.00. The molecule has 0 aliphatic rings. The van der Waals surface area contributed by atoms with E-state index in [-0.39, 0.29) is 22.6 Å². The number of hydrogen-bond acceptors (Lipinski definition) is 5. The van der Waals surface area contributed by atoms with Gasteiger partial charge in [-0.25, -0.2) is 19.6 Å². The summed E-state index contributed by atoms with van der Waals surface area (Å²) in [6.45, 7) is -0.499. The van der Waals surface area contributed by atoms with Crippen LogP contribution in [0.2, 0.25) is 0 Å². The van der Waals surface area contributed by atoms with Gasteiger partial charge in [-0.2, -0.15) is 5.12 Å². The Morgan fingerprint density at radius 1 is 0.900 bits per heavy atom. The number of rotatable bonds is 4. The van der Waals surface area contributed by atoms with Crippen LogP contribution in [0, 0.1) is 11.6 Å². The van der Waals surface area contributed by atoms with Crippen LogP contribution in [0.25, 0.3) is 11.3 Å². The summed E-state index contributed by atoms with van der Waals surface area (Å²) in [5.74, 6) is -4.21. The number of furan rings is 1. The van der Waals surface area contributed by atoms with E-state index >= 15 is 0 Å². The van der Waals surface area contributed by atoms with Crippen LogP contribution in [-0.2, 0) is 4.79 Å². The number of halogens is 2. The average Bonchev–Trinajstić information content (AvgIpc) is 3.23. The number of hydrazine groups is 2. The predicted octanol–water partition coefficient (Wildman–Crippen LogP) is 2.00. The predicted molar refractivity (Wildman–Crippen MR) is 101 cm³/mol. The summed E-state index contributed by atoms with van der Waals surface area (Å²) >= 11 is 0. The van der Waals surface area contributed by atoms with Crippen LogP contribution in [0.1, 0.15) is 20.9 Å². The SMILES string of the molecule is NCC(=O)N(NC(=O)c1ccccc1)NC(=O)c1ccc(-c2cc(F)cc(F)c2)o1. The molecule has 0 aliphatic heterocycles. The highest BCUT2D eigenvalue weighted by atomic mass is 19.1. The number of benzene rings is 2. The van der Waals surface area contributed by atoms with Gasteiger partial charge in [0.05, 0.1) is 6.54 Å². The van der Waals surface area contributed by atoms with E-state index < -0.39 is 35.9 Å². The van der Waals surface area contributed by atoms with Gasteiger partial charge in [0.15, 0.2) is 5.76 Å². The smallest absolute Gasteiger partial charge is 0.307 e. The van der Waals surface area contributed by atoms with Gasteiger partial charge in [0.2, 0.25) is 0 Å². The van der Waals surface area contributed by atoms with Crippen molar-refractivity contribution >= 4 is 17.7 Å². The maximum absolute atomic E-state index is 13.4. The van der Waals surface area contributed by atoms with Crippen LogP contribution in [0.4, 0.5) is 8.78 Å². The Morgan fingerprint density at radius 2 is 1.53 bits per heavy atom. The van der Waals surface area contributed by atoms with Crippen molar-refractivity contribution in [3.8, 4) is 11.3 Å². The molecule has 0 spiro atoms. The highest BCUT2D eigenvalue weighted by molar-refractivity contribution is 5.97. The van der Waals surface area contributed by atoms with Crippen molar-refractivity contribution in [2.75, 3.05) is 6.54 Å². The Kier molecular flexibility index (Phi) is 6.18. The van der Waals surface area contributed by atoms with E-state index in [1.54, 1.807) is 18.2 Å². The van der Waals surface area contributed by atoms with Crippen molar-refractivity contribution in [1.29, 1.82) is 0 Å². The van der Waals surface area contributed by atoms with Crippen molar-refractivity contribution < 1.29 is 27.6 Å². The average molecular weight is 414 g/mol. The molecule has 1 aromatic heterocycles. The van der Waals surface area contributed by atoms with Crippen LogP contribution in [-0.4, -0.2) is 29.4 Å². The number of hydrogen-bond donors (Lipinski definition) is 3. The lowest BCUT2D eigenvalue weighted by atomic mass is 10.1. The van der Waals surface area contributed by atoms with Crippen LogP contribution < -0.4 is 16.6 Å². The lowest BCUT2D eigenvalue weighted by molar-refractivity contribution is -0.134. The van der Waals surface area contributed by atoms with Crippen LogP contribution in [0.15, 0.2) is 65.1 Å². The monoisotopic (exact) mass is 414 g/mol. The summed E-state index contributed by atoms with van der Waals surface area (Å²) < 4.78 is 32.1. The highest BCUT2D eigenvalue weighted by Crippen LogP contribution is 2.24. The minimum atomic E-state index is -0.895. The Morgan fingerprint density at radius 3 is 2.17 bits per heavy atom. The van der Waals surface area contributed by atoms with E-state index in [2.05, 4.69) is 10.9 Å². The third-order valence-electron chi connectivity index (χ3n) is 3.86. The number of nitrogens with one attached hydrogen (secondary N) is 2. The molecule has 3 aromatic rings. The molecular formula is C20H16F2N4O4. The molecule has 3 amide bonds. The molecule has 0 radical (unpaired) electrons. The third kappa shape index (κ3) is 4.86. The Bertz CT molecular complexity index is 1070. The Labute approximate surface area is 169 Å². The summed E-state index contributed by atoms with van der Waals surface area (Å²) in [5.41, 5.74) is 10.0. The first-order valence-corrected chi connectivity index (χ1v) is 8.63. The number of nitrogens with two attached hydrogens (primary N) is 1. The topological polar surface area (TPSA) is 118 Å². The number of amides is 3. The van der Waals surface area contributed by atoms with Crippen LogP contribution in [0.3, 0.4) is 0 Å². The summed E-state index contributed by atoms with van der Waals surface area (Å²) in [7, 11) is 0. The fourth-order valence-electron chi connectivity index (χ4n) is 2.47. The third-order valence-corrected chi connectivity index (χ3v) is 3.86. The first kappa shape index (κ1) is 20.7. The maximum atomic E-state index is 13.4. The fraction of sp³-hybridized carbons (Fsp3) is 0.0500. The molecule has 10 heteroatoms. The van der Waals surface area contributed by atoms with Crippen LogP contribution >= 0.6 is 0 Å². The molecule has 0 saturated heterocycles. The molecule has 8 nitrogen and oxygen atoms in total. The lowest BCUT2D eigenvalue weighted by Gasteiger charge is -2.22. The first-order valence-electron chi connectivity index (χ1n) is 8.63. The molecule has 3 rings (SSSR count). The zero-order valence-corrected chi connectivity index (χ0v) is 15.4. The quantitative estimate of drug-likeness (QED) is 0.565. The van der Waals surface area contributed by atoms with E-state index in [9.17, 15) is 23.2 Å². The van der Waals surface area contributed by atoms with E-state index in [0.29, 0.717) is 11.2 Å². The van der Waals surface area contributed by atoms with E-state index in [1.165, 1.54) is 24.3 Å². The van der Waals surface area contributed by atoms with Gasteiger partial charge >= 0.3 is 5.91 Å². The molecule has 0 fully saturated rings. The normalized spacial score (nSPS) is 10.4. The van der Waals surface area contributed by atoms with Gasteiger partial charge in [0.25, 0.3) is 11.8 Å². The lowest BCUT2D eigenvalue weighted by Crippen LogP contribution is -2.57. The van der Waals surface area contributed by atoms with E-state index in [0.717, 1.165) is 12.1 Å². The largest absolute Gasteiger partial charge is 0.451 e. The second-order valence-corrected chi connectivity index (χ2v) is 6.00. The van der Waals surface area contributed by atoms with Crippen molar-refractivity contribution in [3.63, 3.8) is 0 Å². The molecule has 0 atom stereocenters. The van der Waals surface area contributed by atoms with Crippen molar-refractivity contribution in [2.45, 2.75) is 0 Å². The van der Waals surface area contributed by atoms with Crippen molar-refractivity contribution in [2.24, 2.45) is 5.73 Å². The Balaban J connectivity index is 1.75. The summed E-state index contributed by atoms with van der Waals surface area (Å²) in [6, 6.07) is 13.3. The zero-order chi connectivity index (χ0) is 21.7. The maximum Gasteiger partial charge on any atom is 0.307 e. The first-order chi connectivity index (χ1) is 14.4. The number of nitrogens with zero attached hydrogens (tertiary/aromatic N) is 1. The molecule has 0 unspecified atom stereocenters. The van der Waals surface area contributed by atoms with Gasteiger partial charge in [0.1, 0.15) is 17.4 Å². The highest BCUT2D eigenvalue weighted by Gasteiger charge is 2.21. The zero-order valence-electron chi connectivity index (χ0n) is 15.4. The van der Waals surface area contributed by atoms with Gasteiger partial charge in [-0.15, -0.1) is 0 Å². The fourth-order valence-corrected chi connectivity index (χ4v) is 2.47. The minimum absolute atomic E-state index is 0.0311. The van der Waals surface area contributed by atoms with Crippen LogP contribution in [0.5, 0.6) is 0 Å². The van der Waals surface area contributed by atoms with Crippen molar-refractivity contribution in [1.82, 2.24) is 16.0 Å². The molecule has 0 bridgehead atoms. The summed E-state index contributed by atoms with van der Waals surface area (Å²) in [5, 5.41) is 0.543. The second kappa shape index (κ2) is 8.97. The van der Waals surface area contributed by atoms with E-state index in [4.69, 9.17) is 10.2 Å². The summed E-state index contributed by atoms with van der Waals surface area (Å²) in [4.78, 5) is 36.7. The van der Waals surface area contributed by atoms with Gasteiger partial charge in [-0.3, -0.25) is 14.4 Å².